The summed E-state index contributed by atoms with van der Waals surface area (Å²) in [6, 6.07) is 15.9. The van der Waals surface area contributed by atoms with Crippen molar-refractivity contribution >= 4 is 23.0 Å². The highest BCUT2D eigenvalue weighted by Gasteiger charge is 2.17. The largest absolute Gasteiger partial charge is 0.333 e. The molecule has 126 valence electrons. The molecule has 0 radical (unpaired) electrons. The number of ketones is 1. The first-order valence-corrected chi connectivity index (χ1v) is 7.67. The number of hydrogen-bond acceptors (Lipinski definition) is 5. The van der Waals surface area contributed by atoms with Gasteiger partial charge in [-0.25, -0.2) is 0 Å². The van der Waals surface area contributed by atoms with Gasteiger partial charge in [0, 0.05) is 23.9 Å². The Morgan fingerprint density at radius 1 is 1.20 bits per heavy atom. The van der Waals surface area contributed by atoms with Crippen molar-refractivity contribution in [1.29, 1.82) is 0 Å². The van der Waals surface area contributed by atoms with E-state index in [-0.39, 0.29) is 11.5 Å². The third-order valence-electron chi connectivity index (χ3n) is 3.69. The van der Waals surface area contributed by atoms with Crippen LogP contribution in [0.1, 0.15) is 22.8 Å². The minimum absolute atomic E-state index is 0.162. The van der Waals surface area contributed by atoms with Crippen LogP contribution in [0.3, 0.4) is 0 Å². The molecule has 0 unspecified atom stereocenters. The number of benzene rings is 2. The maximum Gasteiger partial charge on any atom is 0.293 e. The number of nitro groups is 1. The van der Waals surface area contributed by atoms with Crippen LogP contribution in [0.2, 0.25) is 0 Å². The molecule has 0 aliphatic rings. The second kappa shape index (κ2) is 6.96. The quantitative estimate of drug-likeness (QED) is 0.420. The summed E-state index contributed by atoms with van der Waals surface area (Å²) in [5.41, 5.74) is 1.53. The summed E-state index contributed by atoms with van der Waals surface area (Å²) in [4.78, 5) is 22.2. The maximum atomic E-state index is 11.4. The molecule has 0 saturated carbocycles. The van der Waals surface area contributed by atoms with Gasteiger partial charge in [-0.05, 0) is 24.6 Å². The Labute approximate surface area is 144 Å². The zero-order chi connectivity index (χ0) is 17.8. The molecule has 0 atom stereocenters. The van der Waals surface area contributed by atoms with Crippen LogP contribution in [0, 0.1) is 10.1 Å². The number of nitro benzene ring substituents is 1. The van der Waals surface area contributed by atoms with Crippen LogP contribution in [0.4, 0.5) is 17.2 Å². The van der Waals surface area contributed by atoms with Gasteiger partial charge >= 0.3 is 0 Å². The van der Waals surface area contributed by atoms with Gasteiger partial charge in [-0.3, -0.25) is 19.6 Å². The van der Waals surface area contributed by atoms with Crippen LogP contribution in [0.25, 0.3) is 0 Å². The minimum atomic E-state index is -0.518. The van der Waals surface area contributed by atoms with Gasteiger partial charge < -0.3 is 5.32 Å². The van der Waals surface area contributed by atoms with Gasteiger partial charge in [0.25, 0.3) is 5.69 Å². The lowest BCUT2D eigenvalue weighted by atomic mass is 10.1. The molecule has 1 heterocycles. The molecule has 0 spiro atoms. The van der Waals surface area contributed by atoms with Crippen LogP contribution in [0.5, 0.6) is 0 Å². The number of carbonyl (C=O) groups excluding carboxylic acids is 1. The van der Waals surface area contributed by atoms with Crippen LogP contribution < -0.4 is 5.32 Å². The molecular weight excluding hydrogens is 320 g/mol. The van der Waals surface area contributed by atoms with E-state index in [9.17, 15) is 14.9 Å². The molecular formula is C18H16N4O3. The van der Waals surface area contributed by atoms with Crippen molar-refractivity contribution in [1.82, 2.24) is 9.78 Å². The van der Waals surface area contributed by atoms with Gasteiger partial charge in [0.1, 0.15) is 5.69 Å². The average molecular weight is 336 g/mol. The Morgan fingerprint density at radius 2 is 1.96 bits per heavy atom. The Bertz CT molecular complexity index is 919. The van der Waals surface area contributed by atoms with Crippen molar-refractivity contribution in [2.45, 2.75) is 13.5 Å². The number of aromatic nitrogens is 2. The number of anilines is 2. The molecule has 1 N–H and O–H groups in total. The SMILES string of the molecule is CC(=O)c1ccc(Nc2ccn(Cc3ccccc3)n2)c([N+](=O)[O-])c1. The molecule has 0 aliphatic carbocycles. The molecule has 3 rings (SSSR count). The van der Waals surface area contributed by atoms with E-state index >= 15 is 0 Å². The molecule has 3 aromatic rings. The second-order valence-corrected chi connectivity index (χ2v) is 5.55. The summed E-state index contributed by atoms with van der Waals surface area (Å²) >= 11 is 0. The number of Topliss-reactive ketones (excluding diaryl/α,β-unsaturated/α-hetero) is 1. The molecule has 7 heteroatoms. The summed E-state index contributed by atoms with van der Waals surface area (Å²) in [5, 5.41) is 18.6. The van der Waals surface area contributed by atoms with E-state index in [0.29, 0.717) is 23.6 Å². The number of rotatable bonds is 6. The lowest BCUT2D eigenvalue weighted by Crippen LogP contribution is -2.03. The molecule has 0 saturated heterocycles. The zero-order valence-electron chi connectivity index (χ0n) is 13.5. The minimum Gasteiger partial charge on any atom is -0.333 e. The first-order chi connectivity index (χ1) is 12.0. The highest BCUT2D eigenvalue weighted by Crippen LogP contribution is 2.28. The smallest absolute Gasteiger partial charge is 0.293 e. The molecule has 2 aromatic carbocycles. The van der Waals surface area contributed by atoms with E-state index in [1.165, 1.54) is 19.1 Å². The van der Waals surface area contributed by atoms with Gasteiger partial charge in [-0.15, -0.1) is 0 Å². The monoisotopic (exact) mass is 336 g/mol. The molecule has 0 fully saturated rings. The Balaban J connectivity index is 1.81. The highest BCUT2D eigenvalue weighted by atomic mass is 16.6. The highest BCUT2D eigenvalue weighted by molar-refractivity contribution is 5.95. The van der Waals surface area contributed by atoms with Gasteiger partial charge in [0.2, 0.25) is 0 Å². The van der Waals surface area contributed by atoms with Crippen molar-refractivity contribution in [2.24, 2.45) is 0 Å². The average Bonchev–Trinajstić information content (AvgIpc) is 3.02. The van der Waals surface area contributed by atoms with Crippen molar-refractivity contribution in [3.05, 3.63) is 82.0 Å². The van der Waals surface area contributed by atoms with Crippen molar-refractivity contribution in [3.8, 4) is 0 Å². The fraction of sp³-hybridized carbons (Fsp3) is 0.111. The Kier molecular flexibility index (Phi) is 4.56. The van der Waals surface area contributed by atoms with Gasteiger partial charge in [0.15, 0.2) is 11.6 Å². The summed E-state index contributed by atoms with van der Waals surface area (Å²) in [6.07, 6.45) is 1.80. The number of hydrogen-bond donors (Lipinski definition) is 1. The predicted molar refractivity (Wildman–Crippen MR) is 94.2 cm³/mol. The van der Waals surface area contributed by atoms with E-state index < -0.39 is 4.92 Å². The lowest BCUT2D eigenvalue weighted by Gasteiger charge is -2.06. The van der Waals surface area contributed by atoms with E-state index in [4.69, 9.17) is 0 Å². The fourth-order valence-corrected chi connectivity index (χ4v) is 2.43. The van der Waals surface area contributed by atoms with E-state index in [0.717, 1.165) is 5.56 Å². The topological polar surface area (TPSA) is 90.1 Å². The molecule has 0 bridgehead atoms. The van der Waals surface area contributed by atoms with Crippen LogP contribution in [0.15, 0.2) is 60.8 Å². The second-order valence-electron chi connectivity index (χ2n) is 5.55. The number of carbonyl (C=O) groups is 1. The molecule has 0 aliphatic heterocycles. The lowest BCUT2D eigenvalue weighted by molar-refractivity contribution is -0.383. The van der Waals surface area contributed by atoms with Crippen molar-refractivity contribution in [2.75, 3.05) is 5.32 Å². The zero-order valence-corrected chi connectivity index (χ0v) is 13.5. The molecule has 7 nitrogen and oxygen atoms in total. The van der Waals surface area contributed by atoms with E-state index in [1.54, 1.807) is 23.0 Å². The Hall–Kier alpha value is -3.48. The molecule has 0 amide bonds. The third kappa shape index (κ3) is 3.89. The first-order valence-electron chi connectivity index (χ1n) is 7.67. The third-order valence-corrected chi connectivity index (χ3v) is 3.69. The summed E-state index contributed by atoms with van der Waals surface area (Å²) < 4.78 is 1.74. The van der Waals surface area contributed by atoms with E-state index in [1.807, 2.05) is 30.3 Å². The predicted octanol–water partition coefficient (Wildman–Crippen LogP) is 3.79. The standard InChI is InChI=1S/C18H16N4O3/c1-13(23)15-7-8-16(17(11-15)22(24)25)19-18-9-10-21(20-18)12-14-5-3-2-4-6-14/h2-11H,12H2,1H3,(H,19,20). The normalized spacial score (nSPS) is 10.4. The summed E-state index contributed by atoms with van der Waals surface area (Å²) in [7, 11) is 0. The van der Waals surface area contributed by atoms with Gasteiger partial charge in [-0.1, -0.05) is 30.3 Å². The fourth-order valence-electron chi connectivity index (χ4n) is 2.43. The summed E-state index contributed by atoms with van der Waals surface area (Å²) in [6.45, 7) is 1.98. The van der Waals surface area contributed by atoms with Crippen LogP contribution in [-0.4, -0.2) is 20.5 Å². The van der Waals surface area contributed by atoms with Gasteiger partial charge in [0.05, 0.1) is 11.5 Å². The molecule has 1 aromatic heterocycles. The first kappa shape index (κ1) is 16.4. The van der Waals surface area contributed by atoms with Crippen LogP contribution in [-0.2, 0) is 6.54 Å². The number of nitrogens with one attached hydrogen (secondary N) is 1. The Morgan fingerprint density at radius 3 is 2.64 bits per heavy atom. The number of nitrogens with zero attached hydrogens (tertiary/aromatic N) is 3. The molecule has 25 heavy (non-hydrogen) atoms. The maximum absolute atomic E-state index is 11.4. The van der Waals surface area contributed by atoms with Crippen molar-refractivity contribution in [3.63, 3.8) is 0 Å². The van der Waals surface area contributed by atoms with Gasteiger partial charge in [-0.2, -0.15) is 5.10 Å². The van der Waals surface area contributed by atoms with Crippen LogP contribution >= 0.6 is 0 Å². The van der Waals surface area contributed by atoms with Crippen molar-refractivity contribution < 1.29 is 9.72 Å². The summed E-state index contributed by atoms with van der Waals surface area (Å²) in [5.74, 6) is 0.274. The van der Waals surface area contributed by atoms with E-state index in [2.05, 4.69) is 10.4 Å².